The fourth-order valence-corrected chi connectivity index (χ4v) is 3.81. The van der Waals surface area contributed by atoms with Crippen LogP contribution in [0, 0.1) is 12.7 Å². The van der Waals surface area contributed by atoms with E-state index in [0.29, 0.717) is 17.4 Å². The van der Waals surface area contributed by atoms with Gasteiger partial charge in [-0.25, -0.2) is 19.0 Å². The molecule has 0 radical (unpaired) electrons. The maximum atomic E-state index is 14.3. The molecular weight excluding hydrogens is 317 g/mol. The van der Waals surface area contributed by atoms with Gasteiger partial charge in [-0.2, -0.15) is 5.10 Å². The summed E-state index contributed by atoms with van der Waals surface area (Å²) < 4.78 is 15.9. The van der Waals surface area contributed by atoms with Crippen LogP contribution in [-0.4, -0.2) is 32.3 Å². The summed E-state index contributed by atoms with van der Waals surface area (Å²) in [7, 11) is 0. The molecular formula is C19H22FN5. The summed E-state index contributed by atoms with van der Waals surface area (Å²) in [6.07, 6.45) is 6.27. The number of aromatic nitrogens is 4. The fraction of sp³-hybridized carbons (Fsp3) is 0.421. The summed E-state index contributed by atoms with van der Waals surface area (Å²) in [5, 5.41) is 5.50. The minimum absolute atomic E-state index is 0.309. The minimum atomic E-state index is -0.309. The van der Waals surface area contributed by atoms with E-state index >= 15 is 0 Å². The van der Waals surface area contributed by atoms with Crippen molar-refractivity contribution in [3.63, 3.8) is 0 Å². The molecule has 1 saturated heterocycles. The number of rotatable bonds is 3. The molecule has 3 heterocycles. The monoisotopic (exact) mass is 339 g/mol. The smallest absolute Gasteiger partial charge is 0.168 e. The van der Waals surface area contributed by atoms with E-state index in [1.54, 1.807) is 29.2 Å². The van der Waals surface area contributed by atoms with Gasteiger partial charge in [0, 0.05) is 12.6 Å². The summed E-state index contributed by atoms with van der Waals surface area (Å²) in [6, 6.07) is 7.14. The lowest BCUT2D eigenvalue weighted by molar-refractivity contribution is 0.447. The van der Waals surface area contributed by atoms with Crippen LogP contribution in [0.5, 0.6) is 0 Å². The van der Waals surface area contributed by atoms with Crippen LogP contribution in [-0.2, 0) is 0 Å². The van der Waals surface area contributed by atoms with Crippen LogP contribution in [0.2, 0.25) is 0 Å². The lowest BCUT2D eigenvalue weighted by Crippen LogP contribution is -2.39. The second-order valence-electron chi connectivity index (χ2n) is 6.60. The first-order chi connectivity index (χ1) is 12.2. The molecule has 0 bridgehead atoms. The summed E-state index contributed by atoms with van der Waals surface area (Å²) >= 11 is 0. The minimum Gasteiger partial charge on any atom is -0.353 e. The normalized spacial score (nSPS) is 18.0. The molecule has 6 heteroatoms. The molecule has 1 atom stereocenters. The molecule has 25 heavy (non-hydrogen) atoms. The van der Waals surface area contributed by atoms with Gasteiger partial charge in [-0.15, -0.1) is 0 Å². The second kappa shape index (κ2) is 6.43. The molecule has 2 aromatic heterocycles. The van der Waals surface area contributed by atoms with Crippen molar-refractivity contribution in [3.05, 3.63) is 42.1 Å². The molecule has 130 valence electrons. The van der Waals surface area contributed by atoms with Crippen LogP contribution in [0.25, 0.3) is 16.7 Å². The van der Waals surface area contributed by atoms with Gasteiger partial charge in [-0.3, -0.25) is 0 Å². The molecule has 0 amide bonds. The van der Waals surface area contributed by atoms with Crippen LogP contribution in [0.4, 0.5) is 10.2 Å². The van der Waals surface area contributed by atoms with Gasteiger partial charge >= 0.3 is 0 Å². The summed E-state index contributed by atoms with van der Waals surface area (Å²) in [4.78, 5) is 11.4. The predicted molar refractivity (Wildman–Crippen MR) is 96.6 cm³/mol. The van der Waals surface area contributed by atoms with Crippen molar-refractivity contribution in [2.75, 3.05) is 11.4 Å². The molecule has 0 saturated carbocycles. The highest BCUT2D eigenvalue weighted by atomic mass is 19.1. The van der Waals surface area contributed by atoms with E-state index in [4.69, 9.17) is 0 Å². The number of fused-ring (bicyclic) bond motifs is 1. The highest BCUT2D eigenvalue weighted by Crippen LogP contribution is 2.32. The van der Waals surface area contributed by atoms with Gasteiger partial charge in [-0.05, 0) is 44.7 Å². The SMILES string of the molecule is CCC1CCCCN1c1ncnc2c1c(C)nn2-c1ccccc1F. The lowest BCUT2D eigenvalue weighted by atomic mass is 9.99. The average molecular weight is 339 g/mol. The highest BCUT2D eigenvalue weighted by Gasteiger charge is 2.26. The van der Waals surface area contributed by atoms with Crippen molar-refractivity contribution in [2.24, 2.45) is 0 Å². The number of piperidine rings is 1. The Morgan fingerprint density at radius 1 is 1.20 bits per heavy atom. The van der Waals surface area contributed by atoms with Gasteiger partial charge in [0.05, 0.1) is 11.1 Å². The largest absolute Gasteiger partial charge is 0.353 e. The Kier molecular flexibility index (Phi) is 4.11. The molecule has 1 aliphatic rings. The molecule has 1 fully saturated rings. The van der Waals surface area contributed by atoms with Crippen LogP contribution in [0.3, 0.4) is 0 Å². The van der Waals surface area contributed by atoms with E-state index in [0.717, 1.165) is 29.9 Å². The molecule has 1 aromatic carbocycles. The Labute approximate surface area is 146 Å². The third-order valence-electron chi connectivity index (χ3n) is 5.07. The number of para-hydroxylation sites is 1. The van der Waals surface area contributed by atoms with E-state index in [-0.39, 0.29) is 5.82 Å². The Bertz CT molecular complexity index is 904. The Morgan fingerprint density at radius 3 is 2.84 bits per heavy atom. The van der Waals surface area contributed by atoms with Crippen molar-refractivity contribution in [1.29, 1.82) is 0 Å². The maximum Gasteiger partial charge on any atom is 0.168 e. The number of aryl methyl sites for hydroxylation is 1. The molecule has 0 spiro atoms. The van der Waals surface area contributed by atoms with Gasteiger partial charge in [-0.1, -0.05) is 19.1 Å². The molecule has 0 aliphatic carbocycles. The first-order valence-corrected chi connectivity index (χ1v) is 8.92. The standard InChI is InChI=1S/C19H22FN5/c1-3-14-8-6-7-11-24(14)18-17-13(2)23-25(19(17)22-12-21-18)16-10-5-4-9-15(16)20/h4-5,9-10,12,14H,3,6-8,11H2,1-2H3. The predicted octanol–water partition coefficient (Wildman–Crippen LogP) is 4.03. The zero-order valence-electron chi connectivity index (χ0n) is 14.6. The Hall–Kier alpha value is -2.50. The van der Waals surface area contributed by atoms with Crippen LogP contribution < -0.4 is 4.90 Å². The number of nitrogens with zero attached hydrogens (tertiary/aromatic N) is 5. The third kappa shape index (κ3) is 2.65. The Morgan fingerprint density at radius 2 is 2.04 bits per heavy atom. The van der Waals surface area contributed by atoms with E-state index < -0.39 is 0 Å². The second-order valence-corrected chi connectivity index (χ2v) is 6.60. The molecule has 5 nitrogen and oxygen atoms in total. The number of benzene rings is 1. The number of hydrogen-bond acceptors (Lipinski definition) is 4. The van der Waals surface area contributed by atoms with Crippen molar-refractivity contribution < 1.29 is 4.39 Å². The third-order valence-corrected chi connectivity index (χ3v) is 5.07. The maximum absolute atomic E-state index is 14.3. The zero-order chi connectivity index (χ0) is 17.4. The van der Waals surface area contributed by atoms with E-state index in [1.807, 2.05) is 6.92 Å². The van der Waals surface area contributed by atoms with Crippen LogP contribution in [0.1, 0.15) is 38.3 Å². The van der Waals surface area contributed by atoms with Gasteiger partial charge in [0.15, 0.2) is 5.65 Å². The summed E-state index contributed by atoms with van der Waals surface area (Å²) in [5.41, 5.74) is 1.90. The number of anilines is 1. The fourth-order valence-electron chi connectivity index (χ4n) is 3.81. The molecule has 4 rings (SSSR count). The summed E-state index contributed by atoms with van der Waals surface area (Å²) in [6.45, 7) is 5.16. The van der Waals surface area contributed by atoms with Crippen molar-refractivity contribution in [2.45, 2.75) is 45.6 Å². The van der Waals surface area contributed by atoms with Gasteiger partial charge in [0.1, 0.15) is 23.6 Å². The summed E-state index contributed by atoms with van der Waals surface area (Å²) in [5.74, 6) is 0.619. The first kappa shape index (κ1) is 16.0. The molecule has 0 N–H and O–H groups in total. The topological polar surface area (TPSA) is 46.8 Å². The van der Waals surface area contributed by atoms with Crippen LogP contribution >= 0.6 is 0 Å². The number of halogens is 1. The van der Waals surface area contributed by atoms with E-state index in [2.05, 4.69) is 26.9 Å². The zero-order valence-corrected chi connectivity index (χ0v) is 14.6. The van der Waals surface area contributed by atoms with Crippen molar-refractivity contribution in [1.82, 2.24) is 19.7 Å². The lowest BCUT2D eigenvalue weighted by Gasteiger charge is -2.36. The van der Waals surface area contributed by atoms with Gasteiger partial charge in [0.2, 0.25) is 0 Å². The first-order valence-electron chi connectivity index (χ1n) is 8.92. The highest BCUT2D eigenvalue weighted by molar-refractivity contribution is 5.90. The molecule has 1 unspecified atom stereocenters. The van der Waals surface area contributed by atoms with Crippen molar-refractivity contribution in [3.8, 4) is 5.69 Å². The van der Waals surface area contributed by atoms with Crippen LogP contribution in [0.15, 0.2) is 30.6 Å². The van der Waals surface area contributed by atoms with E-state index in [9.17, 15) is 4.39 Å². The average Bonchev–Trinajstić information content (AvgIpc) is 2.99. The molecule has 1 aliphatic heterocycles. The Balaban J connectivity index is 1.90. The number of hydrogen-bond donors (Lipinski definition) is 0. The van der Waals surface area contributed by atoms with Crippen molar-refractivity contribution >= 4 is 16.9 Å². The molecule has 3 aromatic rings. The quantitative estimate of drug-likeness (QED) is 0.723. The van der Waals surface area contributed by atoms with Gasteiger partial charge in [0.25, 0.3) is 0 Å². The van der Waals surface area contributed by atoms with E-state index in [1.165, 1.54) is 25.3 Å². The van der Waals surface area contributed by atoms with Gasteiger partial charge < -0.3 is 4.90 Å².